The van der Waals surface area contributed by atoms with Crippen LogP contribution in [0.2, 0.25) is 5.02 Å². The average molecular weight is 229 g/mol. The average Bonchev–Trinajstić information content (AvgIpc) is 2.07. The van der Waals surface area contributed by atoms with Crippen molar-refractivity contribution in [1.29, 1.82) is 0 Å². The summed E-state index contributed by atoms with van der Waals surface area (Å²) in [7, 11) is 0. The van der Waals surface area contributed by atoms with Crippen molar-refractivity contribution in [1.82, 2.24) is 0 Å². The highest BCUT2D eigenvalue weighted by Gasteiger charge is 2.32. The summed E-state index contributed by atoms with van der Waals surface area (Å²) < 4.78 is 49.7. The van der Waals surface area contributed by atoms with E-state index in [4.69, 9.17) is 11.6 Å². The Balaban J connectivity index is 3.30. The van der Waals surface area contributed by atoms with Gasteiger partial charge in [-0.05, 0) is 12.1 Å². The molecule has 1 rings (SSSR count). The summed E-state index contributed by atoms with van der Waals surface area (Å²) in [5, 5.41) is -0.529. The van der Waals surface area contributed by atoms with Gasteiger partial charge in [0.05, 0.1) is 10.6 Å². The SMILES string of the molecule is [NH3+]Cc1cc(C(F)(F)F)cc(Cl)c1F. The first kappa shape index (κ1) is 11.3. The number of hydrogen-bond donors (Lipinski definition) is 1. The maximum atomic E-state index is 13.0. The monoisotopic (exact) mass is 228 g/mol. The third-order valence-corrected chi connectivity index (χ3v) is 1.98. The minimum atomic E-state index is -4.51. The largest absolute Gasteiger partial charge is 0.416 e. The molecule has 0 aliphatic rings. The van der Waals surface area contributed by atoms with Crippen LogP contribution in [0.1, 0.15) is 11.1 Å². The molecule has 0 fully saturated rings. The molecule has 0 aliphatic heterocycles. The lowest BCUT2D eigenvalue weighted by Crippen LogP contribution is -2.47. The van der Waals surface area contributed by atoms with Crippen molar-refractivity contribution < 1.29 is 23.3 Å². The molecule has 3 N–H and O–H groups in total. The first-order chi connectivity index (χ1) is 6.36. The number of hydrogen-bond acceptors (Lipinski definition) is 0. The van der Waals surface area contributed by atoms with Crippen LogP contribution in [-0.2, 0) is 12.7 Å². The Bertz CT molecular complexity index is 348. The molecule has 0 spiro atoms. The Kier molecular flexibility index (Phi) is 3.01. The van der Waals surface area contributed by atoms with E-state index in [-0.39, 0.29) is 12.1 Å². The van der Waals surface area contributed by atoms with Crippen LogP contribution < -0.4 is 5.73 Å². The second kappa shape index (κ2) is 3.74. The van der Waals surface area contributed by atoms with Gasteiger partial charge in [0.25, 0.3) is 0 Å². The zero-order chi connectivity index (χ0) is 10.9. The van der Waals surface area contributed by atoms with Crippen molar-refractivity contribution >= 4 is 11.6 Å². The smallest absolute Gasteiger partial charge is 0.354 e. The van der Waals surface area contributed by atoms with Gasteiger partial charge in [0.15, 0.2) is 5.82 Å². The molecule has 1 aromatic carbocycles. The van der Waals surface area contributed by atoms with E-state index in [9.17, 15) is 17.6 Å². The molecule has 0 aromatic heterocycles. The van der Waals surface area contributed by atoms with E-state index in [1.807, 2.05) is 0 Å². The highest BCUT2D eigenvalue weighted by Crippen LogP contribution is 2.33. The zero-order valence-corrected chi connectivity index (χ0v) is 7.71. The fraction of sp³-hybridized carbons (Fsp3) is 0.250. The van der Waals surface area contributed by atoms with Crippen LogP contribution in [0.4, 0.5) is 17.6 Å². The molecule has 6 heteroatoms. The van der Waals surface area contributed by atoms with E-state index in [0.29, 0.717) is 12.1 Å². The molecule has 14 heavy (non-hydrogen) atoms. The molecule has 0 amide bonds. The Morgan fingerprint density at radius 2 is 1.86 bits per heavy atom. The van der Waals surface area contributed by atoms with Gasteiger partial charge in [0.1, 0.15) is 6.54 Å². The maximum Gasteiger partial charge on any atom is 0.416 e. The molecule has 78 valence electrons. The van der Waals surface area contributed by atoms with E-state index < -0.39 is 22.6 Å². The van der Waals surface area contributed by atoms with Gasteiger partial charge < -0.3 is 5.73 Å². The molecule has 1 aromatic rings. The summed E-state index contributed by atoms with van der Waals surface area (Å²) in [5.41, 5.74) is 2.22. The molecule has 0 aliphatic carbocycles. The van der Waals surface area contributed by atoms with Gasteiger partial charge in [-0.3, -0.25) is 0 Å². The highest BCUT2D eigenvalue weighted by atomic mass is 35.5. The first-order valence-electron chi connectivity index (χ1n) is 3.70. The number of benzene rings is 1. The van der Waals surface area contributed by atoms with E-state index in [0.717, 1.165) is 0 Å². The van der Waals surface area contributed by atoms with Crippen molar-refractivity contribution in [3.05, 3.63) is 34.1 Å². The molecule has 0 radical (unpaired) electrons. The molecule has 0 saturated carbocycles. The van der Waals surface area contributed by atoms with Crippen LogP contribution in [0.25, 0.3) is 0 Å². The van der Waals surface area contributed by atoms with Gasteiger partial charge in [-0.15, -0.1) is 0 Å². The maximum absolute atomic E-state index is 13.0. The third kappa shape index (κ3) is 2.16. The van der Waals surface area contributed by atoms with Crippen LogP contribution in [0.15, 0.2) is 12.1 Å². The fourth-order valence-electron chi connectivity index (χ4n) is 0.992. The molecule has 0 atom stereocenters. The van der Waals surface area contributed by atoms with Gasteiger partial charge >= 0.3 is 6.18 Å². The Labute approximate surface area is 82.5 Å². The summed E-state index contributed by atoms with van der Waals surface area (Å²) in [6.45, 7) is -0.0739. The van der Waals surface area contributed by atoms with Gasteiger partial charge in [-0.1, -0.05) is 11.6 Å². The topological polar surface area (TPSA) is 27.6 Å². The Hall–Kier alpha value is -0.810. The van der Waals surface area contributed by atoms with E-state index in [1.165, 1.54) is 0 Å². The van der Waals surface area contributed by atoms with Crippen molar-refractivity contribution in [3.8, 4) is 0 Å². The minimum absolute atomic E-state index is 0.0739. The summed E-state index contributed by atoms with van der Waals surface area (Å²) >= 11 is 5.30. The van der Waals surface area contributed by atoms with Crippen molar-refractivity contribution in [2.24, 2.45) is 0 Å². The second-order valence-electron chi connectivity index (χ2n) is 2.68. The van der Waals surface area contributed by atoms with E-state index in [1.54, 1.807) is 0 Å². The van der Waals surface area contributed by atoms with Crippen molar-refractivity contribution in [2.75, 3.05) is 0 Å². The predicted octanol–water partition coefficient (Wildman–Crippen LogP) is 2.24. The third-order valence-electron chi connectivity index (χ3n) is 1.70. The highest BCUT2D eigenvalue weighted by molar-refractivity contribution is 6.30. The van der Waals surface area contributed by atoms with E-state index >= 15 is 0 Å². The minimum Gasteiger partial charge on any atom is -0.354 e. The van der Waals surface area contributed by atoms with Gasteiger partial charge in [-0.2, -0.15) is 13.2 Å². The first-order valence-corrected chi connectivity index (χ1v) is 4.08. The summed E-state index contributed by atoms with van der Waals surface area (Å²) in [5.74, 6) is -0.838. The summed E-state index contributed by atoms with van der Waals surface area (Å²) in [6.07, 6.45) is -4.51. The molecular weight excluding hydrogens is 222 g/mol. The van der Waals surface area contributed by atoms with Crippen molar-refractivity contribution in [2.45, 2.75) is 12.7 Å². The van der Waals surface area contributed by atoms with Gasteiger partial charge in [-0.25, -0.2) is 4.39 Å². The van der Waals surface area contributed by atoms with Crippen LogP contribution in [0.5, 0.6) is 0 Å². The quantitative estimate of drug-likeness (QED) is 0.714. The fourth-order valence-corrected chi connectivity index (χ4v) is 1.23. The lowest BCUT2D eigenvalue weighted by atomic mass is 10.1. The molecule has 0 unspecified atom stereocenters. The van der Waals surface area contributed by atoms with Crippen LogP contribution in [0, 0.1) is 5.82 Å². The molecule has 0 heterocycles. The number of halogens is 5. The van der Waals surface area contributed by atoms with Crippen LogP contribution in [0.3, 0.4) is 0 Å². The number of quaternary nitrogens is 1. The second-order valence-corrected chi connectivity index (χ2v) is 3.09. The number of rotatable bonds is 1. The lowest BCUT2D eigenvalue weighted by molar-refractivity contribution is -0.387. The Morgan fingerprint density at radius 3 is 2.29 bits per heavy atom. The summed E-state index contributed by atoms with van der Waals surface area (Å²) in [6, 6.07) is 1.28. The molecule has 1 nitrogen and oxygen atoms in total. The van der Waals surface area contributed by atoms with Crippen molar-refractivity contribution in [3.63, 3.8) is 0 Å². The molecule has 0 bridgehead atoms. The van der Waals surface area contributed by atoms with Gasteiger partial charge in [0, 0.05) is 5.56 Å². The van der Waals surface area contributed by atoms with Crippen LogP contribution >= 0.6 is 11.6 Å². The summed E-state index contributed by atoms with van der Waals surface area (Å²) in [4.78, 5) is 0. The normalized spacial score (nSPS) is 11.9. The lowest BCUT2D eigenvalue weighted by Gasteiger charge is -2.09. The number of alkyl halides is 3. The Morgan fingerprint density at radius 1 is 1.29 bits per heavy atom. The van der Waals surface area contributed by atoms with Crippen LogP contribution in [-0.4, -0.2) is 0 Å². The molecular formula is C8H7ClF4N+. The zero-order valence-electron chi connectivity index (χ0n) is 6.96. The van der Waals surface area contributed by atoms with Gasteiger partial charge in [0.2, 0.25) is 0 Å². The van der Waals surface area contributed by atoms with E-state index in [2.05, 4.69) is 5.73 Å². The predicted molar refractivity (Wildman–Crippen MR) is 43.0 cm³/mol. The molecule has 0 saturated heterocycles. The standard InChI is InChI=1S/C8H6ClF4N/c9-6-2-5(8(11,12)13)1-4(3-14)7(6)10/h1-2H,3,14H2/p+1.